The SMILES string of the molecule is O=C(OCc1nc(-c2ccc(Cl)cc2)no1)c1c(F)cccc1Cl. The van der Waals surface area contributed by atoms with E-state index in [1.807, 2.05) is 0 Å². The number of esters is 1. The smallest absolute Gasteiger partial charge is 0.343 e. The van der Waals surface area contributed by atoms with Gasteiger partial charge in [-0.3, -0.25) is 0 Å². The summed E-state index contributed by atoms with van der Waals surface area (Å²) in [5.74, 6) is -1.29. The van der Waals surface area contributed by atoms with Crippen molar-refractivity contribution in [3.05, 3.63) is 69.8 Å². The van der Waals surface area contributed by atoms with Crippen LogP contribution in [0.5, 0.6) is 0 Å². The molecule has 3 aromatic rings. The molecule has 0 aliphatic rings. The van der Waals surface area contributed by atoms with Crippen LogP contribution in [0, 0.1) is 5.82 Å². The normalized spacial score (nSPS) is 10.6. The van der Waals surface area contributed by atoms with Gasteiger partial charge in [-0.1, -0.05) is 34.4 Å². The Morgan fingerprint density at radius 2 is 1.92 bits per heavy atom. The predicted molar refractivity (Wildman–Crippen MR) is 85.3 cm³/mol. The van der Waals surface area contributed by atoms with Crippen LogP contribution in [0.25, 0.3) is 11.4 Å². The Hall–Kier alpha value is -2.44. The number of carbonyl (C=O) groups is 1. The van der Waals surface area contributed by atoms with Crippen molar-refractivity contribution in [1.82, 2.24) is 10.1 Å². The summed E-state index contributed by atoms with van der Waals surface area (Å²) in [5, 5.41) is 4.33. The molecule has 0 aliphatic carbocycles. The minimum atomic E-state index is -0.913. The third-order valence-electron chi connectivity index (χ3n) is 3.06. The van der Waals surface area contributed by atoms with Crippen molar-refractivity contribution in [3.8, 4) is 11.4 Å². The van der Waals surface area contributed by atoms with E-state index in [-0.39, 0.29) is 23.1 Å². The van der Waals surface area contributed by atoms with Gasteiger partial charge in [0, 0.05) is 10.6 Å². The lowest BCUT2D eigenvalue weighted by Crippen LogP contribution is -2.08. The van der Waals surface area contributed by atoms with Crippen molar-refractivity contribution in [2.24, 2.45) is 0 Å². The molecule has 0 aliphatic heterocycles. The van der Waals surface area contributed by atoms with Gasteiger partial charge in [0.2, 0.25) is 5.82 Å². The van der Waals surface area contributed by atoms with Crippen molar-refractivity contribution >= 4 is 29.2 Å². The van der Waals surface area contributed by atoms with Gasteiger partial charge in [0.1, 0.15) is 11.4 Å². The summed E-state index contributed by atoms with van der Waals surface area (Å²) in [6, 6.07) is 10.7. The van der Waals surface area contributed by atoms with Gasteiger partial charge in [-0.05, 0) is 36.4 Å². The fourth-order valence-corrected chi connectivity index (χ4v) is 2.29. The maximum atomic E-state index is 13.6. The third kappa shape index (κ3) is 3.55. The van der Waals surface area contributed by atoms with Crippen molar-refractivity contribution in [1.29, 1.82) is 0 Å². The number of aromatic nitrogens is 2. The average molecular weight is 367 g/mol. The van der Waals surface area contributed by atoms with Crippen LogP contribution in [0.15, 0.2) is 47.0 Å². The van der Waals surface area contributed by atoms with Crippen LogP contribution in [0.1, 0.15) is 16.2 Å². The molecular formula is C16H9Cl2FN2O3. The van der Waals surface area contributed by atoms with E-state index in [2.05, 4.69) is 10.1 Å². The molecule has 0 N–H and O–H groups in total. The van der Waals surface area contributed by atoms with E-state index in [0.717, 1.165) is 6.07 Å². The molecule has 0 bridgehead atoms. The zero-order valence-corrected chi connectivity index (χ0v) is 13.5. The Balaban J connectivity index is 1.69. The minimum absolute atomic E-state index is 0.0348. The summed E-state index contributed by atoms with van der Waals surface area (Å²) < 4.78 is 23.6. The molecule has 0 unspecified atom stereocenters. The number of hydrogen-bond acceptors (Lipinski definition) is 5. The summed E-state index contributed by atoms with van der Waals surface area (Å²) in [5.41, 5.74) is 0.356. The van der Waals surface area contributed by atoms with Gasteiger partial charge in [-0.2, -0.15) is 4.98 Å². The van der Waals surface area contributed by atoms with E-state index in [4.69, 9.17) is 32.5 Å². The third-order valence-corrected chi connectivity index (χ3v) is 3.63. The van der Waals surface area contributed by atoms with E-state index in [0.29, 0.717) is 16.4 Å². The number of hydrogen-bond donors (Lipinski definition) is 0. The number of rotatable bonds is 4. The van der Waals surface area contributed by atoms with Gasteiger partial charge in [-0.15, -0.1) is 0 Å². The number of carbonyl (C=O) groups excluding carboxylic acids is 1. The molecule has 1 heterocycles. The van der Waals surface area contributed by atoms with Gasteiger partial charge < -0.3 is 9.26 Å². The Morgan fingerprint density at radius 3 is 2.62 bits per heavy atom. The first kappa shape index (κ1) is 16.4. The van der Waals surface area contributed by atoms with E-state index >= 15 is 0 Å². The van der Waals surface area contributed by atoms with Gasteiger partial charge >= 0.3 is 5.97 Å². The fourth-order valence-electron chi connectivity index (χ4n) is 1.92. The van der Waals surface area contributed by atoms with Crippen LogP contribution >= 0.6 is 23.2 Å². The second kappa shape index (κ2) is 6.98. The molecule has 0 fully saturated rings. The highest BCUT2D eigenvalue weighted by Gasteiger charge is 2.18. The Bertz CT molecular complexity index is 861. The molecule has 0 saturated carbocycles. The van der Waals surface area contributed by atoms with Crippen molar-refractivity contribution < 1.29 is 18.4 Å². The molecule has 2 aromatic carbocycles. The summed E-state index contributed by atoms with van der Waals surface area (Å²) in [6.45, 7) is -0.302. The number of ether oxygens (including phenoxy) is 1. The zero-order valence-electron chi connectivity index (χ0n) is 12.0. The quantitative estimate of drug-likeness (QED) is 0.634. The zero-order chi connectivity index (χ0) is 17.1. The molecule has 0 amide bonds. The standard InChI is InChI=1S/C16H9Cl2FN2O3/c17-10-6-4-9(5-7-10)15-20-13(24-21-15)8-23-16(22)14-11(18)2-1-3-12(14)19/h1-7H,8H2. The van der Waals surface area contributed by atoms with E-state index in [1.54, 1.807) is 24.3 Å². The Morgan fingerprint density at radius 1 is 1.17 bits per heavy atom. The molecular weight excluding hydrogens is 358 g/mol. The van der Waals surface area contributed by atoms with Gasteiger partial charge in [0.25, 0.3) is 5.89 Å². The molecule has 0 spiro atoms. The maximum absolute atomic E-state index is 13.6. The van der Waals surface area contributed by atoms with Crippen LogP contribution in [0.2, 0.25) is 10.0 Å². The summed E-state index contributed by atoms with van der Waals surface area (Å²) >= 11 is 11.6. The molecule has 0 radical (unpaired) electrons. The first-order chi connectivity index (χ1) is 11.5. The molecule has 24 heavy (non-hydrogen) atoms. The first-order valence-corrected chi connectivity index (χ1v) is 7.50. The van der Waals surface area contributed by atoms with E-state index in [1.165, 1.54) is 12.1 Å². The lowest BCUT2D eigenvalue weighted by atomic mass is 10.2. The molecule has 8 heteroatoms. The second-order valence-corrected chi connectivity index (χ2v) is 5.54. The first-order valence-electron chi connectivity index (χ1n) is 6.74. The Kier molecular flexibility index (Phi) is 4.78. The number of nitrogens with zero attached hydrogens (tertiary/aromatic N) is 2. The van der Waals surface area contributed by atoms with Gasteiger partial charge in [-0.25, -0.2) is 9.18 Å². The minimum Gasteiger partial charge on any atom is -0.452 e. The van der Waals surface area contributed by atoms with E-state index in [9.17, 15) is 9.18 Å². The van der Waals surface area contributed by atoms with Gasteiger partial charge in [0.15, 0.2) is 6.61 Å². The van der Waals surface area contributed by atoms with E-state index < -0.39 is 11.8 Å². The molecule has 1 aromatic heterocycles. The lowest BCUT2D eigenvalue weighted by molar-refractivity contribution is 0.0424. The molecule has 3 rings (SSSR count). The molecule has 0 atom stereocenters. The highest BCUT2D eigenvalue weighted by Crippen LogP contribution is 2.21. The number of halogens is 3. The average Bonchev–Trinajstić information content (AvgIpc) is 3.02. The van der Waals surface area contributed by atoms with Crippen molar-refractivity contribution in [3.63, 3.8) is 0 Å². The van der Waals surface area contributed by atoms with Crippen LogP contribution in [0.4, 0.5) is 4.39 Å². The summed E-state index contributed by atoms with van der Waals surface area (Å²) in [7, 11) is 0. The monoisotopic (exact) mass is 366 g/mol. The highest BCUT2D eigenvalue weighted by atomic mass is 35.5. The van der Waals surface area contributed by atoms with Crippen LogP contribution in [-0.2, 0) is 11.3 Å². The molecule has 122 valence electrons. The summed E-state index contributed by atoms with van der Waals surface area (Å²) in [6.07, 6.45) is 0. The topological polar surface area (TPSA) is 65.2 Å². The number of benzene rings is 2. The van der Waals surface area contributed by atoms with Crippen molar-refractivity contribution in [2.45, 2.75) is 6.61 Å². The fraction of sp³-hybridized carbons (Fsp3) is 0.0625. The van der Waals surface area contributed by atoms with Crippen molar-refractivity contribution in [2.75, 3.05) is 0 Å². The van der Waals surface area contributed by atoms with Crippen LogP contribution in [0.3, 0.4) is 0 Å². The van der Waals surface area contributed by atoms with Crippen LogP contribution in [-0.4, -0.2) is 16.1 Å². The molecule has 5 nitrogen and oxygen atoms in total. The largest absolute Gasteiger partial charge is 0.452 e. The lowest BCUT2D eigenvalue weighted by Gasteiger charge is -2.04. The summed E-state index contributed by atoms with van der Waals surface area (Å²) in [4.78, 5) is 16.0. The van der Waals surface area contributed by atoms with Gasteiger partial charge in [0.05, 0.1) is 5.02 Å². The predicted octanol–water partition coefficient (Wildman–Crippen LogP) is 4.54. The highest BCUT2D eigenvalue weighted by molar-refractivity contribution is 6.33. The molecule has 0 saturated heterocycles. The maximum Gasteiger partial charge on any atom is 0.343 e. The van der Waals surface area contributed by atoms with Crippen LogP contribution < -0.4 is 0 Å². The second-order valence-electron chi connectivity index (χ2n) is 4.69. The Labute approximate surface area is 146 Å².